The average molecular weight is 438 g/mol. The van der Waals surface area contributed by atoms with E-state index in [-0.39, 0.29) is 6.04 Å². The number of aromatic nitrogens is 1. The lowest BCUT2D eigenvalue weighted by molar-refractivity contribution is -0.107. The predicted molar refractivity (Wildman–Crippen MR) is 134 cm³/mol. The summed E-state index contributed by atoms with van der Waals surface area (Å²) in [6.07, 6.45) is 6.53. The number of ether oxygens (including phenoxy) is 1. The fourth-order valence-corrected chi connectivity index (χ4v) is 3.88. The second kappa shape index (κ2) is 10.0. The van der Waals surface area contributed by atoms with Gasteiger partial charge in [-0.1, -0.05) is 36.4 Å². The summed E-state index contributed by atoms with van der Waals surface area (Å²) in [4.78, 5) is 19.0. The van der Waals surface area contributed by atoms with Crippen molar-refractivity contribution < 1.29 is 9.53 Å². The number of nitrogens with zero attached hydrogens (tertiary/aromatic N) is 1. The second-order valence-corrected chi connectivity index (χ2v) is 7.92. The molecular weight excluding hydrogens is 410 g/mol. The maximum atomic E-state index is 10.9. The number of aliphatic imine (C=N–C) groups is 1. The van der Waals surface area contributed by atoms with Gasteiger partial charge in [-0.3, -0.25) is 4.99 Å². The van der Waals surface area contributed by atoms with Crippen molar-refractivity contribution >= 4 is 22.9 Å². The molecule has 0 spiro atoms. The molecule has 4 aromatic rings. The molecule has 0 saturated heterocycles. The molecule has 0 saturated carbocycles. The molecule has 1 heterocycles. The first-order chi connectivity index (χ1) is 16.1. The smallest absolute Gasteiger partial charge is 0.131 e. The van der Waals surface area contributed by atoms with Gasteiger partial charge in [-0.2, -0.15) is 0 Å². The number of hydrogen-bond acceptors (Lipinski definition) is 4. The van der Waals surface area contributed by atoms with Crippen LogP contribution in [-0.4, -0.2) is 17.0 Å². The Morgan fingerprint density at radius 2 is 1.97 bits per heavy atom. The molecule has 0 aliphatic rings. The Bertz CT molecular complexity index is 1330. The Balaban J connectivity index is 1.63. The molecular formula is C28H27N3O2. The Morgan fingerprint density at radius 1 is 1.12 bits per heavy atom. The summed E-state index contributed by atoms with van der Waals surface area (Å²) in [5.74, 6) is 1.54. The molecule has 0 bridgehead atoms. The van der Waals surface area contributed by atoms with Crippen LogP contribution >= 0.6 is 0 Å². The quantitative estimate of drug-likeness (QED) is 0.261. The lowest BCUT2D eigenvalue weighted by Gasteiger charge is -2.13. The number of rotatable bonds is 8. The van der Waals surface area contributed by atoms with E-state index in [1.807, 2.05) is 73.8 Å². The largest absolute Gasteiger partial charge is 0.457 e. The van der Waals surface area contributed by atoms with Gasteiger partial charge in [0.25, 0.3) is 0 Å². The predicted octanol–water partition coefficient (Wildman–Crippen LogP) is 6.03. The highest BCUT2D eigenvalue weighted by Gasteiger charge is 2.10. The molecule has 166 valence electrons. The van der Waals surface area contributed by atoms with Gasteiger partial charge < -0.3 is 20.2 Å². The van der Waals surface area contributed by atoms with Crippen molar-refractivity contribution in [2.24, 2.45) is 10.7 Å². The molecule has 33 heavy (non-hydrogen) atoms. The minimum absolute atomic E-state index is 0.106. The summed E-state index contributed by atoms with van der Waals surface area (Å²) in [6.45, 7) is 4.08. The van der Waals surface area contributed by atoms with Crippen molar-refractivity contribution in [3.8, 4) is 11.5 Å². The van der Waals surface area contributed by atoms with Crippen LogP contribution in [0.25, 0.3) is 10.9 Å². The van der Waals surface area contributed by atoms with Crippen LogP contribution < -0.4 is 10.5 Å². The molecule has 1 unspecified atom stereocenters. The van der Waals surface area contributed by atoms with Gasteiger partial charge >= 0.3 is 0 Å². The van der Waals surface area contributed by atoms with Gasteiger partial charge in [0, 0.05) is 34.6 Å². The standard InChI is InChI=1S/C28H27N3O2/c1-19-25-12-15-30-27(25)9-10-28(19)33-24-8-4-7-23(18-24)26(11-14-29)31-20(2)22-6-3-5-21(17-22)13-16-32/h3-12,14-18,20,30H,13,29H2,1-2H3/b14-11-,31-26?. The third-order valence-electron chi connectivity index (χ3n) is 5.65. The Hall–Kier alpha value is -4.12. The average Bonchev–Trinajstić information content (AvgIpc) is 3.31. The molecule has 0 aliphatic heterocycles. The number of hydrogen-bond donors (Lipinski definition) is 2. The molecule has 1 atom stereocenters. The van der Waals surface area contributed by atoms with E-state index in [1.54, 1.807) is 6.08 Å². The molecule has 5 nitrogen and oxygen atoms in total. The SMILES string of the molecule is Cc1c(Oc2cccc(C(/C=C\N)=NC(C)c3cccc(CC=O)c3)c2)ccc2[nH]ccc12. The number of nitrogens with one attached hydrogen (secondary N) is 1. The molecule has 0 fully saturated rings. The van der Waals surface area contributed by atoms with Crippen molar-refractivity contribution in [2.45, 2.75) is 26.3 Å². The van der Waals surface area contributed by atoms with Crippen LogP contribution in [0, 0.1) is 6.92 Å². The second-order valence-electron chi connectivity index (χ2n) is 7.92. The van der Waals surface area contributed by atoms with Gasteiger partial charge in [0.1, 0.15) is 17.8 Å². The third kappa shape index (κ3) is 5.04. The lowest BCUT2D eigenvalue weighted by Crippen LogP contribution is -2.03. The van der Waals surface area contributed by atoms with E-state index in [4.69, 9.17) is 15.5 Å². The van der Waals surface area contributed by atoms with Crippen molar-refractivity contribution in [2.75, 3.05) is 0 Å². The number of benzene rings is 3. The van der Waals surface area contributed by atoms with Crippen LogP contribution in [0.4, 0.5) is 0 Å². The van der Waals surface area contributed by atoms with Crippen molar-refractivity contribution in [1.29, 1.82) is 0 Å². The van der Waals surface area contributed by atoms with Gasteiger partial charge in [-0.05, 0) is 67.6 Å². The maximum absolute atomic E-state index is 10.9. The van der Waals surface area contributed by atoms with Crippen LogP contribution in [0.1, 0.15) is 35.2 Å². The van der Waals surface area contributed by atoms with E-state index in [2.05, 4.69) is 18.0 Å². The summed E-state index contributed by atoms with van der Waals surface area (Å²) in [7, 11) is 0. The van der Waals surface area contributed by atoms with E-state index in [1.165, 1.54) is 6.20 Å². The van der Waals surface area contributed by atoms with Crippen molar-refractivity contribution in [3.63, 3.8) is 0 Å². The summed E-state index contributed by atoms with van der Waals surface area (Å²) < 4.78 is 6.23. The number of aldehydes is 1. The Labute approximate surface area is 193 Å². The monoisotopic (exact) mass is 437 g/mol. The highest BCUT2D eigenvalue weighted by atomic mass is 16.5. The molecule has 1 aromatic heterocycles. The number of allylic oxidation sites excluding steroid dienone is 1. The van der Waals surface area contributed by atoms with Gasteiger partial charge in [0.15, 0.2) is 0 Å². The van der Waals surface area contributed by atoms with Gasteiger partial charge in [-0.15, -0.1) is 0 Å². The van der Waals surface area contributed by atoms with E-state index >= 15 is 0 Å². The first-order valence-corrected chi connectivity index (χ1v) is 10.9. The molecule has 3 aromatic carbocycles. The summed E-state index contributed by atoms with van der Waals surface area (Å²) >= 11 is 0. The summed E-state index contributed by atoms with van der Waals surface area (Å²) in [5.41, 5.74) is 11.6. The summed E-state index contributed by atoms with van der Waals surface area (Å²) in [5, 5.41) is 1.14. The number of carbonyl (C=O) groups excluding carboxylic acids is 1. The highest BCUT2D eigenvalue weighted by molar-refractivity contribution is 6.09. The van der Waals surface area contributed by atoms with Crippen molar-refractivity contribution in [1.82, 2.24) is 4.98 Å². The topological polar surface area (TPSA) is 80.5 Å². The van der Waals surface area contributed by atoms with Crippen LogP contribution in [0.15, 0.2) is 90.2 Å². The zero-order valence-corrected chi connectivity index (χ0v) is 18.8. The minimum atomic E-state index is -0.106. The zero-order valence-electron chi connectivity index (χ0n) is 18.8. The maximum Gasteiger partial charge on any atom is 0.131 e. The molecule has 0 amide bonds. The van der Waals surface area contributed by atoms with E-state index < -0.39 is 0 Å². The Kier molecular flexibility index (Phi) is 6.69. The van der Waals surface area contributed by atoms with Crippen LogP contribution in [0.5, 0.6) is 11.5 Å². The number of H-pyrrole nitrogens is 1. The first kappa shape index (κ1) is 22.1. The van der Waals surface area contributed by atoms with E-state index in [0.29, 0.717) is 6.42 Å². The molecule has 4 rings (SSSR count). The molecule has 3 N–H and O–H groups in total. The van der Waals surface area contributed by atoms with E-state index in [0.717, 1.165) is 56.7 Å². The fourth-order valence-electron chi connectivity index (χ4n) is 3.88. The molecule has 0 aliphatic carbocycles. The van der Waals surface area contributed by atoms with Gasteiger partial charge in [0.05, 0.1) is 11.8 Å². The van der Waals surface area contributed by atoms with E-state index in [9.17, 15) is 4.79 Å². The van der Waals surface area contributed by atoms with Gasteiger partial charge in [-0.25, -0.2) is 0 Å². The highest BCUT2D eigenvalue weighted by Crippen LogP contribution is 2.31. The fraction of sp³-hybridized carbons (Fsp3) is 0.143. The number of aryl methyl sites for hydroxylation is 1. The molecule has 5 heteroatoms. The Morgan fingerprint density at radius 3 is 2.79 bits per heavy atom. The third-order valence-corrected chi connectivity index (χ3v) is 5.65. The molecule has 0 radical (unpaired) electrons. The lowest BCUT2D eigenvalue weighted by atomic mass is 10.0. The number of nitrogens with two attached hydrogens (primary N) is 1. The van der Waals surface area contributed by atoms with Crippen LogP contribution in [0.2, 0.25) is 0 Å². The van der Waals surface area contributed by atoms with Crippen molar-refractivity contribution in [3.05, 3.63) is 107 Å². The number of fused-ring (bicyclic) bond motifs is 1. The van der Waals surface area contributed by atoms with Crippen LogP contribution in [0.3, 0.4) is 0 Å². The minimum Gasteiger partial charge on any atom is -0.457 e. The van der Waals surface area contributed by atoms with Gasteiger partial charge in [0.2, 0.25) is 0 Å². The number of carbonyl (C=O) groups is 1. The first-order valence-electron chi connectivity index (χ1n) is 10.9. The van der Waals surface area contributed by atoms with Crippen LogP contribution in [-0.2, 0) is 11.2 Å². The summed E-state index contributed by atoms with van der Waals surface area (Å²) in [6, 6.07) is 21.7. The normalized spacial score (nSPS) is 12.8. The zero-order chi connectivity index (χ0) is 23.2. The number of aromatic amines is 1.